The molecule has 3 atom stereocenters. The Bertz CT molecular complexity index is 1120. The number of nitrogens with one attached hydrogen (secondary N) is 1. The first kappa shape index (κ1) is 22.4. The number of likely N-dealkylation sites (tertiary alicyclic amines) is 1. The summed E-state index contributed by atoms with van der Waals surface area (Å²) in [6.45, 7) is 2.29. The normalized spacial score (nSPS) is 29.7. The topological polar surface area (TPSA) is 99.3 Å². The Labute approximate surface area is 200 Å². The van der Waals surface area contributed by atoms with Gasteiger partial charge in [-0.3, -0.25) is 19.2 Å². The van der Waals surface area contributed by atoms with Crippen molar-refractivity contribution >= 4 is 23.6 Å². The second-order valence-corrected chi connectivity index (χ2v) is 10.2. The number of carbonyl (C=O) groups excluding carboxylic acids is 4. The summed E-state index contributed by atoms with van der Waals surface area (Å²) in [5.74, 6) is -4.47. The number of carbonyl (C=O) groups is 4. The molecule has 186 valence electrons. The standard InChI is InChI=1S/C24H26F2N4O5/c25-24(26)6-14(7-24)23(34)29-9-18-17-5-13(1-2-16(17)21(32)27-19(18)10-29)22(33)28-3-4-30-15(8-28)11-35-12-20(30)31/h1-2,5,14-15,18-19H,3-4,6-12H2,(H,27,32). The van der Waals surface area contributed by atoms with Crippen LogP contribution in [-0.4, -0.2) is 102 Å². The number of hydrogen-bond acceptors (Lipinski definition) is 5. The molecular formula is C24H26F2N4O5. The summed E-state index contributed by atoms with van der Waals surface area (Å²) < 4.78 is 31.9. The highest BCUT2D eigenvalue weighted by molar-refractivity contribution is 6.01. The molecule has 0 radical (unpaired) electrons. The molecule has 35 heavy (non-hydrogen) atoms. The van der Waals surface area contributed by atoms with E-state index < -0.39 is 24.7 Å². The molecule has 9 nitrogen and oxygen atoms in total. The van der Waals surface area contributed by atoms with Gasteiger partial charge in [0.25, 0.3) is 11.8 Å². The molecule has 1 aromatic carbocycles. The first-order valence-corrected chi connectivity index (χ1v) is 12.0. The van der Waals surface area contributed by atoms with E-state index >= 15 is 0 Å². The van der Waals surface area contributed by atoms with E-state index in [1.807, 2.05) is 0 Å². The fourth-order valence-corrected chi connectivity index (χ4v) is 6.05. The Morgan fingerprint density at radius 3 is 2.63 bits per heavy atom. The Morgan fingerprint density at radius 2 is 1.86 bits per heavy atom. The van der Waals surface area contributed by atoms with E-state index in [1.54, 1.807) is 32.9 Å². The monoisotopic (exact) mass is 488 g/mol. The number of halogens is 2. The lowest BCUT2D eigenvalue weighted by atomic mass is 9.80. The third-order valence-corrected chi connectivity index (χ3v) is 7.96. The van der Waals surface area contributed by atoms with Crippen molar-refractivity contribution < 1.29 is 32.7 Å². The zero-order chi connectivity index (χ0) is 24.5. The minimum absolute atomic E-state index is 0.0647. The van der Waals surface area contributed by atoms with E-state index in [0.717, 1.165) is 0 Å². The number of rotatable bonds is 2. The lowest BCUT2D eigenvalue weighted by Crippen LogP contribution is -2.61. The third-order valence-electron chi connectivity index (χ3n) is 7.96. The predicted molar refractivity (Wildman–Crippen MR) is 117 cm³/mol. The lowest BCUT2D eigenvalue weighted by molar-refractivity contribution is -0.158. The van der Waals surface area contributed by atoms with Crippen LogP contribution in [0.25, 0.3) is 0 Å². The Kier molecular flexibility index (Phi) is 5.10. The van der Waals surface area contributed by atoms with Gasteiger partial charge in [0.2, 0.25) is 17.7 Å². The van der Waals surface area contributed by atoms with Gasteiger partial charge in [0, 0.05) is 68.5 Å². The van der Waals surface area contributed by atoms with E-state index in [1.165, 1.54) is 0 Å². The summed E-state index contributed by atoms with van der Waals surface area (Å²) in [5.41, 5.74) is 1.61. The predicted octanol–water partition coefficient (Wildman–Crippen LogP) is 0.453. The molecule has 1 aromatic rings. The summed E-state index contributed by atoms with van der Waals surface area (Å²) in [6.07, 6.45) is -0.853. The molecule has 4 heterocycles. The van der Waals surface area contributed by atoms with Gasteiger partial charge in [-0.15, -0.1) is 0 Å². The third kappa shape index (κ3) is 3.76. The van der Waals surface area contributed by atoms with Crippen molar-refractivity contribution in [1.29, 1.82) is 0 Å². The van der Waals surface area contributed by atoms with Crippen molar-refractivity contribution in [3.8, 4) is 0 Å². The molecule has 4 aliphatic heterocycles. The molecule has 3 unspecified atom stereocenters. The van der Waals surface area contributed by atoms with E-state index in [0.29, 0.717) is 49.5 Å². The molecule has 11 heteroatoms. The molecule has 3 saturated heterocycles. The number of piperazine rings is 1. The molecule has 1 aliphatic carbocycles. The molecule has 4 amide bonds. The summed E-state index contributed by atoms with van der Waals surface area (Å²) in [5, 5.41) is 2.93. The van der Waals surface area contributed by atoms with Crippen LogP contribution in [0, 0.1) is 5.92 Å². The van der Waals surface area contributed by atoms with Crippen molar-refractivity contribution in [2.75, 3.05) is 45.9 Å². The second kappa shape index (κ2) is 7.97. The number of morpholine rings is 1. The van der Waals surface area contributed by atoms with Crippen molar-refractivity contribution in [3.63, 3.8) is 0 Å². The van der Waals surface area contributed by atoms with Gasteiger partial charge in [-0.1, -0.05) is 0 Å². The number of nitrogens with zero attached hydrogens (tertiary/aromatic N) is 3. The molecular weight excluding hydrogens is 462 g/mol. The zero-order valence-electron chi connectivity index (χ0n) is 19.0. The van der Waals surface area contributed by atoms with Crippen LogP contribution >= 0.6 is 0 Å². The SMILES string of the molecule is O=C1NC2CN(C(=O)C3CC(F)(F)C3)CC2c2cc(C(=O)N3CCN4C(=O)COCC4C3)ccc21. The van der Waals surface area contributed by atoms with Crippen molar-refractivity contribution in [2.24, 2.45) is 5.92 Å². The maximum absolute atomic E-state index is 13.3. The van der Waals surface area contributed by atoms with Crippen molar-refractivity contribution in [2.45, 2.75) is 36.8 Å². The number of alkyl halides is 2. The maximum atomic E-state index is 13.3. The highest BCUT2D eigenvalue weighted by Gasteiger charge is 2.52. The largest absolute Gasteiger partial charge is 0.369 e. The van der Waals surface area contributed by atoms with Gasteiger partial charge in [-0.2, -0.15) is 0 Å². The van der Waals surface area contributed by atoms with Crippen LogP contribution in [0.4, 0.5) is 8.78 Å². The van der Waals surface area contributed by atoms with Gasteiger partial charge in [-0.25, -0.2) is 8.78 Å². The van der Waals surface area contributed by atoms with E-state index in [2.05, 4.69) is 5.32 Å². The zero-order valence-corrected chi connectivity index (χ0v) is 19.0. The first-order chi connectivity index (χ1) is 16.7. The van der Waals surface area contributed by atoms with Gasteiger partial charge in [0.1, 0.15) is 6.61 Å². The average Bonchev–Trinajstić information content (AvgIpc) is 3.25. The number of benzene rings is 1. The highest BCUT2D eigenvalue weighted by atomic mass is 19.3. The summed E-state index contributed by atoms with van der Waals surface area (Å²) in [4.78, 5) is 55.9. The van der Waals surface area contributed by atoms with Gasteiger partial charge >= 0.3 is 0 Å². The van der Waals surface area contributed by atoms with Gasteiger partial charge in [0.05, 0.1) is 18.7 Å². The molecule has 1 saturated carbocycles. The fraction of sp³-hybridized carbons (Fsp3) is 0.583. The van der Waals surface area contributed by atoms with Crippen LogP contribution < -0.4 is 5.32 Å². The molecule has 5 aliphatic rings. The lowest BCUT2D eigenvalue weighted by Gasteiger charge is -2.43. The van der Waals surface area contributed by atoms with Crippen LogP contribution in [0.2, 0.25) is 0 Å². The van der Waals surface area contributed by atoms with Gasteiger partial charge in [0.15, 0.2) is 0 Å². The number of fused-ring (bicyclic) bond motifs is 4. The fourth-order valence-electron chi connectivity index (χ4n) is 6.05. The molecule has 4 fully saturated rings. The average molecular weight is 488 g/mol. The van der Waals surface area contributed by atoms with Crippen LogP contribution in [0.3, 0.4) is 0 Å². The molecule has 0 aromatic heterocycles. The van der Waals surface area contributed by atoms with Crippen LogP contribution in [0.1, 0.15) is 45.0 Å². The summed E-state index contributed by atoms with van der Waals surface area (Å²) in [7, 11) is 0. The quantitative estimate of drug-likeness (QED) is 0.652. The van der Waals surface area contributed by atoms with Crippen LogP contribution in [0.5, 0.6) is 0 Å². The van der Waals surface area contributed by atoms with Gasteiger partial charge in [-0.05, 0) is 23.8 Å². The first-order valence-electron chi connectivity index (χ1n) is 12.0. The summed E-state index contributed by atoms with van der Waals surface area (Å²) in [6, 6.07) is 4.50. The smallest absolute Gasteiger partial charge is 0.253 e. The molecule has 6 rings (SSSR count). The van der Waals surface area contributed by atoms with E-state index in [4.69, 9.17) is 4.74 Å². The minimum atomic E-state index is -2.77. The molecule has 0 bridgehead atoms. The Morgan fingerprint density at radius 1 is 1.06 bits per heavy atom. The Hall–Kier alpha value is -3.08. The molecule has 1 N–H and O–H groups in total. The van der Waals surface area contributed by atoms with E-state index in [9.17, 15) is 28.0 Å². The highest BCUT2D eigenvalue weighted by Crippen LogP contribution is 2.44. The number of hydrogen-bond donors (Lipinski definition) is 1. The van der Waals surface area contributed by atoms with Crippen LogP contribution in [-0.2, 0) is 14.3 Å². The Balaban J connectivity index is 1.20. The molecule has 0 spiro atoms. The number of amides is 4. The minimum Gasteiger partial charge on any atom is -0.369 e. The maximum Gasteiger partial charge on any atom is 0.253 e. The summed E-state index contributed by atoms with van der Waals surface area (Å²) >= 11 is 0. The van der Waals surface area contributed by atoms with Crippen LogP contribution in [0.15, 0.2) is 18.2 Å². The number of ether oxygens (including phenoxy) is 1. The van der Waals surface area contributed by atoms with Crippen molar-refractivity contribution in [1.82, 2.24) is 20.0 Å². The second-order valence-electron chi connectivity index (χ2n) is 10.2. The van der Waals surface area contributed by atoms with E-state index in [-0.39, 0.29) is 54.8 Å². The van der Waals surface area contributed by atoms with Gasteiger partial charge < -0.3 is 24.8 Å². The van der Waals surface area contributed by atoms with Crippen molar-refractivity contribution in [3.05, 3.63) is 34.9 Å².